The SMILES string of the molecule is C=C(c1ccc(O)cc1O)N1CCCc2cc(-c3cccc(C#N)c3)ccc21. The number of phenolic OH excluding ortho intramolecular Hbond substituents is 2. The molecule has 0 radical (unpaired) electrons. The number of phenols is 2. The maximum Gasteiger partial charge on any atom is 0.128 e. The lowest BCUT2D eigenvalue weighted by atomic mass is 9.94. The van der Waals surface area contributed by atoms with Gasteiger partial charge in [-0.25, -0.2) is 0 Å². The third-order valence-corrected chi connectivity index (χ3v) is 5.14. The summed E-state index contributed by atoms with van der Waals surface area (Å²) in [4.78, 5) is 2.11. The lowest BCUT2D eigenvalue weighted by molar-refractivity contribution is 0.449. The summed E-state index contributed by atoms with van der Waals surface area (Å²) in [5.74, 6) is 0.0411. The van der Waals surface area contributed by atoms with Gasteiger partial charge in [0.15, 0.2) is 0 Å². The molecule has 0 aromatic heterocycles. The second kappa shape index (κ2) is 7.13. The zero-order valence-corrected chi connectivity index (χ0v) is 15.4. The zero-order chi connectivity index (χ0) is 19.7. The average molecular weight is 368 g/mol. The summed E-state index contributed by atoms with van der Waals surface area (Å²) >= 11 is 0. The minimum Gasteiger partial charge on any atom is -0.508 e. The second-order valence-electron chi connectivity index (χ2n) is 6.94. The fourth-order valence-corrected chi connectivity index (χ4v) is 3.73. The van der Waals surface area contributed by atoms with Gasteiger partial charge in [-0.05, 0) is 65.9 Å². The quantitative estimate of drug-likeness (QED) is 0.678. The van der Waals surface area contributed by atoms with Crippen molar-refractivity contribution in [2.75, 3.05) is 11.4 Å². The second-order valence-corrected chi connectivity index (χ2v) is 6.94. The largest absolute Gasteiger partial charge is 0.508 e. The van der Waals surface area contributed by atoms with Gasteiger partial charge in [0, 0.05) is 29.6 Å². The van der Waals surface area contributed by atoms with Gasteiger partial charge in [0.25, 0.3) is 0 Å². The Morgan fingerprint density at radius 2 is 1.82 bits per heavy atom. The number of hydrogen-bond acceptors (Lipinski definition) is 4. The molecule has 3 aromatic carbocycles. The number of fused-ring (bicyclic) bond motifs is 1. The Morgan fingerprint density at radius 3 is 2.61 bits per heavy atom. The van der Waals surface area contributed by atoms with E-state index in [4.69, 9.17) is 5.26 Å². The van der Waals surface area contributed by atoms with Crippen molar-refractivity contribution < 1.29 is 10.2 Å². The molecule has 1 aliphatic rings. The monoisotopic (exact) mass is 368 g/mol. The highest BCUT2D eigenvalue weighted by molar-refractivity contribution is 5.84. The van der Waals surface area contributed by atoms with Crippen LogP contribution in [-0.4, -0.2) is 16.8 Å². The summed E-state index contributed by atoms with van der Waals surface area (Å²) in [6, 6.07) is 20.7. The Balaban J connectivity index is 1.70. The van der Waals surface area contributed by atoms with E-state index in [0.717, 1.165) is 36.2 Å². The molecule has 0 unspecified atom stereocenters. The molecule has 28 heavy (non-hydrogen) atoms. The van der Waals surface area contributed by atoms with Crippen molar-refractivity contribution in [2.24, 2.45) is 0 Å². The molecular weight excluding hydrogens is 348 g/mol. The Kier molecular flexibility index (Phi) is 4.50. The lowest BCUT2D eigenvalue weighted by Crippen LogP contribution is -2.27. The standard InChI is InChI=1S/C24H20N2O2/c1-16(22-9-8-21(27)14-24(22)28)26-11-3-6-20-13-19(7-10-23(20)26)18-5-2-4-17(12-18)15-25/h2,4-5,7-10,12-14,27-28H,1,3,6,11H2. The number of nitriles is 1. The summed E-state index contributed by atoms with van der Waals surface area (Å²) in [6.07, 6.45) is 1.94. The number of anilines is 1. The number of benzene rings is 3. The molecule has 4 heteroatoms. The minimum atomic E-state index is 0.0158. The summed E-state index contributed by atoms with van der Waals surface area (Å²) in [7, 11) is 0. The fraction of sp³-hybridized carbons (Fsp3) is 0.125. The van der Waals surface area contributed by atoms with Crippen LogP contribution >= 0.6 is 0 Å². The van der Waals surface area contributed by atoms with Crippen LogP contribution in [0.15, 0.2) is 67.2 Å². The van der Waals surface area contributed by atoms with Crippen molar-refractivity contribution in [3.05, 3.63) is 83.9 Å². The smallest absolute Gasteiger partial charge is 0.128 e. The Hall–Kier alpha value is -3.71. The minimum absolute atomic E-state index is 0.0158. The van der Waals surface area contributed by atoms with Gasteiger partial charge in [-0.1, -0.05) is 24.8 Å². The van der Waals surface area contributed by atoms with E-state index < -0.39 is 0 Å². The molecule has 1 heterocycles. The predicted molar refractivity (Wildman–Crippen MR) is 111 cm³/mol. The first-order chi connectivity index (χ1) is 13.6. The van der Waals surface area contributed by atoms with Crippen molar-refractivity contribution >= 4 is 11.4 Å². The molecule has 2 N–H and O–H groups in total. The summed E-state index contributed by atoms with van der Waals surface area (Å²) in [6.45, 7) is 5.00. The van der Waals surface area contributed by atoms with Crippen LogP contribution in [0.2, 0.25) is 0 Å². The van der Waals surface area contributed by atoms with Gasteiger partial charge in [0.2, 0.25) is 0 Å². The molecule has 1 aliphatic heterocycles. The van der Waals surface area contributed by atoms with Gasteiger partial charge in [0.1, 0.15) is 11.5 Å². The molecule has 0 amide bonds. The molecule has 4 rings (SSSR count). The highest BCUT2D eigenvalue weighted by Gasteiger charge is 2.22. The van der Waals surface area contributed by atoms with Gasteiger partial charge in [-0.3, -0.25) is 0 Å². The Morgan fingerprint density at radius 1 is 1.00 bits per heavy atom. The van der Waals surface area contributed by atoms with Crippen molar-refractivity contribution in [1.29, 1.82) is 5.26 Å². The summed E-state index contributed by atoms with van der Waals surface area (Å²) < 4.78 is 0. The molecule has 4 nitrogen and oxygen atoms in total. The number of nitrogens with zero attached hydrogens (tertiary/aromatic N) is 2. The van der Waals surface area contributed by atoms with E-state index in [1.807, 2.05) is 18.2 Å². The molecule has 138 valence electrons. The van der Waals surface area contributed by atoms with Crippen LogP contribution < -0.4 is 4.90 Å². The molecule has 0 atom stereocenters. The molecule has 0 fully saturated rings. The van der Waals surface area contributed by atoms with E-state index in [0.29, 0.717) is 16.8 Å². The number of hydrogen-bond donors (Lipinski definition) is 2. The van der Waals surface area contributed by atoms with Gasteiger partial charge in [-0.2, -0.15) is 5.26 Å². The topological polar surface area (TPSA) is 67.5 Å². The molecule has 3 aromatic rings. The Labute approximate surface area is 164 Å². The first kappa shape index (κ1) is 17.7. The number of rotatable bonds is 3. The molecule has 0 saturated heterocycles. The van der Waals surface area contributed by atoms with Crippen molar-refractivity contribution in [1.82, 2.24) is 0 Å². The maximum atomic E-state index is 10.2. The van der Waals surface area contributed by atoms with Gasteiger partial charge < -0.3 is 15.1 Å². The molecule has 0 saturated carbocycles. The van der Waals surface area contributed by atoms with Crippen molar-refractivity contribution in [2.45, 2.75) is 12.8 Å². The van der Waals surface area contributed by atoms with E-state index in [2.05, 4.69) is 35.7 Å². The fourth-order valence-electron chi connectivity index (χ4n) is 3.73. The highest BCUT2D eigenvalue weighted by Crippen LogP contribution is 2.38. The molecule has 0 bridgehead atoms. The van der Waals surface area contributed by atoms with Crippen LogP contribution in [0.4, 0.5) is 5.69 Å². The van der Waals surface area contributed by atoms with Crippen LogP contribution in [0.3, 0.4) is 0 Å². The van der Waals surface area contributed by atoms with E-state index in [-0.39, 0.29) is 11.5 Å². The van der Waals surface area contributed by atoms with E-state index in [1.165, 1.54) is 11.6 Å². The van der Waals surface area contributed by atoms with E-state index in [9.17, 15) is 10.2 Å². The van der Waals surface area contributed by atoms with Gasteiger partial charge in [0.05, 0.1) is 11.6 Å². The molecule has 0 spiro atoms. The molecule has 0 aliphatic carbocycles. The van der Waals surface area contributed by atoms with Crippen LogP contribution in [-0.2, 0) is 6.42 Å². The van der Waals surface area contributed by atoms with Gasteiger partial charge in [-0.15, -0.1) is 0 Å². The van der Waals surface area contributed by atoms with Crippen LogP contribution in [0, 0.1) is 11.3 Å². The van der Waals surface area contributed by atoms with Gasteiger partial charge >= 0.3 is 0 Å². The van der Waals surface area contributed by atoms with Crippen LogP contribution in [0.1, 0.15) is 23.1 Å². The first-order valence-corrected chi connectivity index (χ1v) is 9.19. The maximum absolute atomic E-state index is 10.2. The van der Waals surface area contributed by atoms with E-state index in [1.54, 1.807) is 18.2 Å². The Bertz CT molecular complexity index is 1110. The number of aryl methyl sites for hydroxylation is 1. The van der Waals surface area contributed by atoms with Crippen molar-refractivity contribution in [3.63, 3.8) is 0 Å². The van der Waals surface area contributed by atoms with E-state index >= 15 is 0 Å². The predicted octanol–water partition coefficient (Wildman–Crippen LogP) is 5.06. The molecular formula is C24H20N2O2. The zero-order valence-electron chi connectivity index (χ0n) is 15.4. The van der Waals surface area contributed by atoms with Crippen molar-refractivity contribution in [3.8, 4) is 28.7 Å². The average Bonchev–Trinajstić information content (AvgIpc) is 2.72. The summed E-state index contributed by atoms with van der Waals surface area (Å²) in [5, 5.41) is 28.9. The number of aromatic hydroxyl groups is 2. The lowest BCUT2D eigenvalue weighted by Gasteiger charge is -2.33. The third-order valence-electron chi connectivity index (χ3n) is 5.14. The van der Waals surface area contributed by atoms with Crippen LogP contribution in [0.25, 0.3) is 16.8 Å². The highest BCUT2D eigenvalue weighted by atomic mass is 16.3. The third kappa shape index (κ3) is 3.19. The summed E-state index contributed by atoms with van der Waals surface area (Å²) in [5.41, 5.74) is 6.35. The first-order valence-electron chi connectivity index (χ1n) is 9.19. The van der Waals surface area contributed by atoms with Crippen LogP contribution in [0.5, 0.6) is 11.5 Å². The normalized spacial score (nSPS) is 12.9.